The summed E-state index contributed by atoms with van der Waals surface area (Å²) in [4.78, 5) is 12.4. The molecule has 3 aromatic rings. The van der Waals surface area contributed by atoms with Gasteiger partial charge in [0.05, 0.1) is 0 Å². The number of nitrogens with one attached hydrogen (secondary N) is 4. The van der Waals surface area contributed by atoms with Crippen LogP contribution in [0.5, 0.6) is 0 Å². The van der Waals surface area contributed by atoms with Crippen LogP contribution in [-0.4, -0.2) is 17.7 Å². The van der Waals surface area contributed by atoms with Gasteiger partial charge in [0.15, 0.2) is 5.96 Å². The molecule has 3 aromatic carbocycles. The molecule has 0 aliphatic rings. The number of anilines is 2. The van der Waals surface area contributed by atoms with Gasteiger partial charge in [0, 0.05) is 22.5 Å². The molecular weight excluding hydrogens is 328 g/mol. The summed E-state index contributed by atoms with van der Waals surface area (Å²) in [5.41, 5.74) is 13.2. The van der Waals surface area contributed by atoms with E-state index in [2.05, 4.69) is 10.6 Å². The second-order valence-corrected chi connectivity index (χ2v) is 5.76. The van der Waals surface area contributed by atoms with Crippen LogP contribution in [0, 0.1) is 10.8 Å². The topological polar surface area (TPSA) is 141 Å². The van der Waals surface area contributed by atoms with E-state index >= 15 is 0 Å². The van der Waals surface area contributed by atoms with Gasteiger partial charge in [-0.25, -0.2) is 0 Å². The minimum absolute atomic E-state index is 0.000554. The van der Waals surface area contributed by atoms with Crippen LogP contribution in [-0.2, 0) is 0 Å². The molecule has 0 radical (unpaired) electrons. The number of fused-ring (bicyclic) bond motifs is 1. The Bertz CT molecular complexity index is 1010. The van der Waals surface area contributed by atoms with Gasteiger partial charge in [0.1, 0.15) is 5.84 Å². The van der Waals surface area contributed by atoms with Crippen LogP contribution in [0.1, 0.15) is 15.9 Å². The number of amidine groups is 1. The Labute approximate surface area is 150 Å². The largest absolute Gasteiger partial charge is 0.384 e. The molecule has 0 atom stereocenters. The zero-order chi connectivity index (χ0) is 18.7. The third-order valence-corrected chi connectivity index (χ3v) is 3.84. The van der Waals surface area contributed by atoms with Gasteiger partial charge in [0.25, 0.3) is 5.91 Å². The highest BCUT2D eigenvalue weighted by Gasteiger charge is 2.07. The fraction of sp³-hybridized carbons (Fsp3) is 0. The Kier molecular flexibility index (Phi) is 4.53. The molecule has 0 unspecified atom stereocenters. The van der Waals surface area contributed by atoms with Crippen molar-refractivity contribution in [3.63, 3.8) is 0 Å². The number of carbonyl (C=O) groups is 1. The molecule has 0 saturated carbocycles. The fourth-order valence-corrected chi connectivity index (χ4v) is 2.56. The number of nitrogen functional groups attached to an aromatic ring is 1. The predicted octanol–water partition coefficient (Wildman–Crippen LogP) is 2.68. The van der Waals surface area contributed by atoms with Crippen molar-refractivity contribution in [3.05, 3.63) is 71.8 Å². The van der Waals surface area contributed by atoms with E-state index in [4.69, 9.17) is 22.3 Å². The molecule has 3 rings (SSSR count). The first-order valence-electron chi connectivity index (χ1n) is 7.83. The van der Waals surface area contributed by atoms with Crippen LogP contribution in [0.25, 0.3) is 10.8 Å². The molecule has 8 N–H and O–H groups in total. The van der Waals surface area contributed by atoms with Gasteiger partial charge in [-0.3, -0.25) is 15.6 Å². The second kappa shape index (κ2) is 6.94. The second-order valence-electron chi connectivity index (χ2n) is 5.76. The van der Waals surface area contributed by atoms with Crippen molar-refractivity contribution in [2.24, 2.45) is 11.5 Å². The van der Waals surface area contributed by atoms with Crippen molar-refractivity contribution in [2.45, 2.75) is 0 Å². The van der Waals surface area contributed by atoms with E-state index in [1.165, 1.54) is 0 Å². The molecule has 0 aliphatic carbocycles. The van der Waals surface area contributed by atoms with Crippen molar-refractivity contribution < 1.29 is 4.79 Å². The summed E-state index contributed by atoms with van der Waals surface area (Å²) in [6, 6.07) is 17.7. The summed E-state index contributed by atoms with van der Waals surface area (Å²) in [5, 5.41) is 22.1. The van der Waals surface area contributed by atoms with Crippen LogP contribution in [0.3, 0.4) is 0 Å². The van der Waals surface area contributed by atoms with Crippen molar-refractivity contribution >= 4 is 39.8 Å². The van der Waals surface area contributed by atoms with E-state index in [-0.39, 0.29) is 17.7 Å². The molecular formula is C19H18N6O. The number of rotatable bonds is 4. The number of nitrogens with two attached hydrogens (primary N) is 2. The molecule has 7 heteroatoms. The Hall–Kier alpha value is -3.87. The van der Waals surface area contributed by atoms with Gasteiger partial charge in [-0.2, -0.15) is 0 Å². The van der Waals surface area contributed by atoms with Crippen molar-refractivity contribution in [2.75, 3.05) is 10.6 Å². The fourth-order valence-electron chi connectivity index (χ4n) is 2.56. The molecule has 0 heterocycles. The lowest BCUT2D eigenvalue weighted by Gasteiger charge is -2.09. The minimum Gasteiger partial charge on any atom is -0.384 e. The van der Waals surface area contributed by atoms with Gasteiger partial charge in [-0.15, -0.1) is 0 Å². The number of carbonyl (C=O) groups excluding carboxylic acids is 1. The number of hydrogen-bond donors (Lipinski definition) is 6. The number of guanidine groups is 1. The van der Waals surface area contributed by atoms with Gasteiger partial charge >= 0.3 is 0 Å². The molecule has 7 nitrogen and oxygen atoms in total. The highest BCUT2D eigenvalue weighted by Crippen LogP contribution is 2.21. The number of benzene rings is 3. The SMILES string of the molecule is N=C(N)Nc1ccc(C(=O)Nc2ccc3ccc(C(=N)N)cc3c2)cc1. The van der Waals surface area contributed by atoms with E-state index in [1.807, 2.05) is 30.3 Å². The maximum absolute atomic E-state index is 12.4. The van der Waals surface area contributed by atoms with E-state index in [0.29, 0.717) is 22.5 Å². The first-order chi connectivity index (χ1) is 12.4. The lowest BCUT2D eigenvalue weighted by molar-refractivity contribution is 0.102. The third kappa shape index (κ3) is 3.78. The van der Waals surface area contributed by atoms with Gasteiger partial charge in [-0.1, -0.05) is 18.2 Å². The maximum Gasteiger partial charge on any atom is 0.255 e. The summed E-state index contributed by atoms with van der Waals surface area (Å²) in [7, 11) is 0. The van der Waals surface area contributed by atoms with Crippen LogP contribution < -0.4 is 22.1 Å². The maximum atomic E-state index is 12.4. The monoisotopic (exact) mass is 346 g/mol. The Morgan fingerprint density at radius 3 is 2.00 bits per heavy atom. The number of hydrogen-bond acceptors (Lipinski definition) is 3. The lowest BCUT2D eigenvalue weighted by atomic mass is 10.1. The zero-order valence-electron chi connectivity index (χ0n) is 13.8. The normalized spacial score (nSPS) is 10.3. The molecule has 0 bridgehead atoms. The van der Waals surface area contributed by atoms with E-state index in [0.717, 1.165) is 10.8 Å². The summed E-state index contributed by atoms with van der Waals surface area (Å²) < 4.78 is 0. The molecule has 130 valence electrons. The predicted molar refractivity (Wildman–Crippen MR) is 105 cm³/mol. The van der Waals surface area contributed by atoms with Crippen LogP contribution in [0.4, 0.5) is 11.4 Å². The molecule has 0 aromatic heterocycles. The summed E-state index contributed by atoms with van der Waals surface area (Å²) in [5.74, 6) is -0.412. The molecule has 0 saturated heterocycles. The third-order valence-electron chi connectivity index (χ3n) is 3.84. The first kappa shape index (κ1) is 17.0. The molecule has 26 heavy (non-hydrogen) atoms. The Morgan fingerprint density at radius 2 is 1.35 bits per heavy atom. The van der Waals surface area contributed by atoms with Crippen molar-refractivity contribution in [1.29, 1.82) is 10.8 Å². The minimum atomic E-state index is -0.249. The lowest BCUT2D eigenvalue weighted by Crippen LogP contribution is -2.20. The molecule has 0 aliphatic heterocycles. The van der Waals surface area contributed by atoms with Gasteiger partial charge < -0.3 is 22.1 Å². The molecule has 1 amide bonds. The van der Waals surface area contributed by atoms with Crippen LogP contribution in [0.15, 0.2) is 60.7 Å². The summed E-state index contributed by atoms with van der Waals surface area (Å²) in [6.07, 6.45) is 0. The Morgan fingerprint density at radius 1 is 0.731 bits per heavy atom. The zero-order valence-corrected chi connectivity index (χ0v) is 13.8. The van der Waals surface area contributed by atoms with Crippen molar-refractivity contribution in [1.82, 2.24) is 0 Å². The van der Waals surface area contributed by atoms with Crippen molar-refractivity contribution in [3.8, 4) is 0 Å². The molecule has 0 fully saturated rings. The quantitative estimate of drug-likeness (QED) is 0.319. The summed E-state index contributed by atoms with van der Waals surface area (Å²) in [6.45, 7) is 0. The molecule has 0 spiro atoms. The average molecular weight is 346 g/mol. The smallest absolute Gasteiger partial charge is 0.255 e. The van der Waals surface area contributed by atoms with Crippen LogP contribution >= 0.6 is 0 Å². The Balaban J connectivity index is 1.80. The van der Waals surface area contributed by atoms with E-state index in [9.17, 15) is 4.79 Å². The van der Waals surface area contributed by atoms with Gasteiger partial charge in [0.2, 0.25) is 0 Å². The van der Waals surface area contributed by atoms with Crippen LogP contribution in [0.2, 0.25) is 0 Å². The van der Waals surface area contributed by atoms with E-state index in [1.54, 1.807) is 30.3 Å². The standard InChI is InChI=1S/C19H18N6O/c20-17(21)13-2-1-11-3-8-16(10-14(11)9-13)24-18(26)12-4-6-15(7-5-12)25-19(22)23/h1-10H,(H3,20,21)(H,24,26)(H4,22,23,25). The number of amides is 1. The average Bonchev–Trinajstić information content (AvgIpc) is 2.61. The first-order valence-corrected chi connectivity index (χ1v) is 7.83. The van der Waals surface area contributed by atoms with E-state index < -0.39 is 0 Å². The van der Waals surface area contributed by atoms with Gasteiger partial charge in [-0.05, 0) is 53.2 Å². The highest BCUT2D eigenvalue weighted by atomic mass is 16.1. The highest BCUT2D eigenvalue weighted by molar-refractivity contribution is 6.06. The summed E-state index contributed by atoms with van der Waals surface area (Å²) >= 11 is 0.